The van der Waals surface area contributed by atoms with E-state index in [1.54, 1.807) is 18.9 Å². The number of nitrogens with one attached hydrogen (secondary N) is 1. The van der Waals surface area contributed by atoms with Crippen molar-refractivity contribution in [3.63, 3.8) is 0 Å². The molecule has 3 rings (SSSR count). The molecule has 0 aliphatic carbocycles. The lowest BCUT2D eigenvalue weighted by Gasteiger charge is -2.22. The Hall–Kier alpha value is -2.41. The largest absolute Gasteiger partial charge is 0.493 e. The average Bonchev–Trinajstić information content (AvgIpc) is 2.95. The molecule has 0 bridgehead atoms. The minimum atomic E-state index is -0.148. The van der Waals surface area contributed by atoms with Crippen LogP contribution in [0.3, 0.4) is 0 Å². The van der Waals surface area contributed by atoms with Gasteiger partial charge in [0, 0.05) is 6.04 Å². The van der Waals surface area contributed by atoms with Crippen LogP contribution in [-0.2, 0) is 0 Å². The van der Waals surface area contributed by atoms with Crippen molar-refractivity contribution in [2.45, 2.75) is 39.0 Å². The summed E-state index contributed by atoms with van der Waals surface area (Å²) in [5.41, 5.74) is 2.48. The molecule has 0 unspecified atom stereocenters. The predicted molar refractivity (Wildman–Crippen MR) is 111 cm³/mol. The van der Waals surface area contributed by atoms with E-state index in [2.05, 4.69) is 16.7 Å². The fourth-order valence-electron chi connectivity index (χ4n) is 2.99. The molecule has 2 aromatic rings. The zero-order chi connectivity index (χ0) is 19.7. The van der Waals surface area contributed by atoms with Gasteiger partial charge in [0.2, 0.25) is 0 Å². The van der Waals surface area contributed by atoms with Crippen LogP contribution in [-0.4, -0.2) is 28.5 Å². The number of methoxy groups -OCH3 is 1. The van der Waals surface area contributed by atoms with Gasteiger partial charge in [0.05, 0.1) is 23.0 Å². The van der Waals surface area contributed by atoms with Crippen molar-refractivity contribution >= 4 is 22.6 Å². The van der Waals surface area contributed by atoms with Crippen molar-refractivity contribution in [3.05, 3.63) is 51.8 Å². The summed E-state index contributed by atoms with van der Waals surface area (Å²) in [6.07, 6.45) is 0. The van der Waals surface area contributed by atoms with Crippen LogP contribution >= 0.6 is 11.8 Å². The van der Waals surface area contributed by atoms with Gasteiger partial charge in [0.1, 0.15) is 6.61 Å². The van der Waals surface area contributed by atoms with Crippen LogP contribution in [0.25, 0.3) is 0 Å². The molecule has 0 radical (unpaired) electrons. The molecule has 0 saturated carbocycles. The maximum Gasteiger partial charge on any atom is 0.271 e. The number of hydrogen-bond acceptors (Lipinski definition) is 5. The molecule has 7 heteroatoms. The molecular weight excluding hydrogens is 362 g/mol. The van der Waals surface area contributed by atoms with Gasteiger partial charge in [-0.3, -0.25) is 14.6 Å². The monoisotopic (exact) mass is 387 g/mol. The molecule has 0 spiro atoms. The fourth-order valence-corrected chi connectivity index (χ4v) is 4.08. The van der Waals surface area contributed by atoms with Crippen LogP contribution in [0.15, 0.2) is 40.1 Å². The Morgan fingerprint density at radius 2 is 2.15 bits per heavy atom. The lowest BCUT2D eigenvalue weighted by Crippen LogP contribution is -2.13. The van der Waals surface area contributed by atoms with Gasteiger partial charge in [-0.05, 0) is 51.0 Å². The Morgan fingerprint density at radius 3 is 2.78 bits per heavy atom. The molecule has 6 nitrogen and oxygen atoms in total. The summed E-state index contributed by atoms with van der Waals surface area (Å²) >= 11 is 1.57. The van der Waals surface area contributed by atoms with E-state index in [9.17, 15) is 4.79 Å². The summed E-state index contributed by atoms with van der Waals surface area (Å²) in [5.74, 6) is 2.00. The third kappa shape index (κ3) is 3.83. The third-order valence-corrected chi connectivity index (χ3v) is 5.41. The van der Waals surface area contributed by atoms with E-state index >= 15 is 0 Å². The molecule has 27 heavy (non-hydrogen) atoms. The van der Waals surface area contributed by atoms with E-state index in [-0.39, 0.29) is 16.9 Å². The topological polar surface area (TPSA) is 68.6 Å². The second kappa shape index (κ2) is 7.68. The zero-order valence-corrected chi connectivity index (χ0v) is 17.1. The smallest absolute Gasteiger partial charge is 0.271 e. The molecule has 1 aromatic carbocycles. The van der Waals surface area contributed by atoms with E-state index in [1.807, 2.05) is 50.6 Å². The maximum absolute atomic E-state index is 12.7. The van der Waals surface area contributed by atoms with Crippen molar-refractivity contribution in [1.29, 1.82) is 0 Å². The number of H-pyrrole nitrogens is 1. The number of thioether (sulfide) groups is 1. The Balaban J connectivity index is 2.04. The second-order valence-corrected chi connectivity index (χ2v) is 8.22. The summed E-state index contributed by atoms with van der Waals surface area (Å²) in [7, 11) is 1.61. The first-order valence-corrected chi connectivity index (χ1v) is 9.71. The number of aromatic nitrogens is 2. The zero-order valence-electron chi connectivity index (χ0n) is 16.3. The highest BCUT2D eigenvalue weighted by molar-refractivity contribution is 8.14. The maximum atomic E-state index is 12.7. The molecule has 144 valence electrons. The standard InChI is InChI=1S/C20H25N3O3S/c1-11(2)10-26-15-8-7-14(9-16(15)25-6)18-17-19(21-13(5)27-18)23(12(3)4)22-20(17)24/h7-9,12,18H,1,10H2,2-6H3,(H,22,24)/t18-/m0/s1. The average molecular weight is 388 g/mol. The number of hydrogen-bond donors (Lipinski definition) is 1. The molecule has 2 heterocycles. The predicted octanol–water partition coefficient (Wildman–Crippen LogP) is 4.61. The molecule has 1 aliphatic rings. The van der Waals surface area contributed by atoms with Gasteiger partial charge in [-0.15, -0.1) is 0 Å². The molecule has 1 aromatic heterocycles. The first-order chi connectivity index (χ1) is 12.8. The molecule has 0 amide bonds. The van der Waals surface area contributed by atoms with E-state index < -0.39 is 0 Å². The highest BCUT2D eigenvalue weighted by atomic mass is 32.2. The molecule has 1 atom stereocenters. The summed E-state index contributed by atoms with van der Waals surface area (Å²) in [4.78, 5) is 17.3. The van der Waals surface area contributed by atoms with Gasteiger partial charge in [0.25, 0.3) is 5.56 Å². The van der Waals surface area contributed by atoms with E-state index in [4.69, 9.17) is 9.47 Å². The number of nitrogens with zero attached hydrogens (tertiary/aromatic N) is 2. The second-order valence-electron chi connectivity index (χ2n) is 6.93. The SMILES string of the molecule is C=C(C)COc1ccc([C@@H]2SC(C)=Nc3c2c(=O)[nH]n3C(C)C)cc1OC. The van der Waals surface area contributed by atoms with Crippen molar-refractivity contribution < 1.29 is 9.47 Å². The molecule has 1 N–H and O–H groups in total. The normalized spacial score (nSPS) is 16.1. The van der Waals surface area contributed by atoms with Crippen LogP contribution in [0.2, 0.25) is 0 Å². The lowest BCUT2D eigenvalue weighted by molar-refractivity contribution is 0.319. The van der Waals surface area contributed by atoms with Crippen molar-refractivity contribution in [2.75, 3.05) is 13.7 Å². The minimum absolute atomic E-state index is 0.103. The van der Waals surface area contributed by atoms with Gasteiger partial charge < -0.3 is 9.47 Å². The summed E-state index contributed by atoms with van der Waals surface area (Å²) in [6.45, 7) is 12.2. The summed E-state index contributed by atoms with van der Waals surface area (Å²) in [6, 6.07) is 5.91. The number of aliphatic imine (C=N–C) groups is 1. The van der Waals surface area contributed by atoms with Crippen LogP contribution in [0.5, 0.6) is 11.5 Å². The van der Waals surface area contributed by atoms with Gasteiger partial charge in [-0.1, -0.05) is 24.4 Å². The number of benzene rings is 1. The highest BCUT2D eigenvalue weighted by Gasteiger charge is 2.31. The van der Waals surface area contributed by atoms with Gasteiger partial charge in [0.15, 0.2) is 17.3 Å². The molecule has 1 aliphatic heterocycles. The van der Waals surface area contributed by atoms with E-state index in [0.717, 1.165) is 16.2 Å². The van der Waals surface area contributed by atoms with E-state index in [1.165, 1.54) is 0 Å². The van der Waals surface area contributed by atoms with E-state index in [0.29, 0.717) is 29.5 Å². The fraction of sp³-hybridized carbons (Fsp3) is 0.400. The van der Waals surface area contributed by atoms with Gasteiger partial charge >= 0.3 is 0 Å². The summed E-state index contributed by atoms with van der Waals surface area (Å²) in [5, 5.41) is 3.69. The van der Waals surface area contributed by atoms with Crippen LogP contribution < -0.4 is 15.0 Å². The number of aromatic amines is 1. The van der Waals surface area contributed by atoms with Crippen molar-refractivity contribution in [2.24, 2.45) is 4.99 Å². The Bertz CT molecular complexity index is 956. The van der Waals surface area contributed by atoms with Crippen molar-refractivity contribution in [3.8, 4) is 11.5 Å². The number of ether oxygens (including phenoxy) is 2. The molecule has 0 saturated heterocycles. The Morgan fingerprint density at radius 1 is 1.41 bits per heavy atom. The summed E-state index contributed by atoms with van der Waals surface area (Å²) < 4.78 is 13.1. The quantitative estimate of drug-likeness (QED) is 0.735. The number of fused-ring (bicyclic) bond motifs is 1. The van der Waals surface area contributed by atoms with Crippen LogP contribution in [0.4, 0.5) is 5.82 Å². The minimum Gasteiger partial charge on any atom is -0.493 e. The highest BCUT2D eigenvalue weighted by Crippen LogP contribution is 2.45. The third-order valence-electron chi connectivity index (χ3n) is 4.23. The van der Waals surface area contributed by atoms with Crippen LogP contribution in [0, 0.1) is 0 Å². The first kappa shape index (κ1) is 19.4. The van der Waals surface area contributed by atoms with Gasteiger partial charge in [-0.2, -0.15) is 0 Å². The molecular formula is C20H25N3O3S. The lowest BCUT2D eigenvalue weighted by atomic mass is 10.1. The van der Waals surface area contributed by atoms with Crippen LogP contribution in [0.1, 0.15) is 50.1 Å². The Kier molecular flexibility index (Phi) is 5.51. The number of rotatable bonds is 6. The molecule has 0 fully saturated rings. The van der Waals surface area contributed by atoms with Gasteiger partial charge in [-0.25, -0.2) is 4.99 Å². The van der Waals surface area contributed by atoms with Crippen molar-refractivity contribution in [1.82, 2.24) is 9.78 Å². The Labute approximate surface area is 163 Å². The first-order valence-electron chi connectivity index (χ1n) is 8.83.